The van der Waals surface area contributed by atoms with Gasteiger partial charge in [0.1, 0.15) is 0 Å². The first kappa shape index (κ1) is 12.9. The van der Waals surface area contributed by atoms with Crippen LogP contribution in [0.2, 0.25) is 0 Å². The van der Waals surface area contributed by atoms with Gasteiger partial charge in [-0.05, 0) is 38.0 Å². The van der Waals surface area contributed by atoms with Gasteiger partial charge in [-0.1, -0.05) is 32.6 Å². The highest BCUT2D eigenvalue weighted by molar-refractivity contribution is 4.99. The third kappa shape index (κ3) is 2.75. The molecule has 2 nitrogen and oxygen atoms in total. The van der Waals surface area contributed by atoms with Crippen LogP contribution in [-0.4, -0.2) is 36.1 Å². The Bertz CT molecular complexity index is 270. The minimum absolute atomic E-state index is 0.510. The van der Waals surface area contributed by atoms with E-state index in [9.17, 15) is 0 Å². The number of hydrogen-bond acceptors (Lipinski definition) is 2. The van der Waals surface area contributed by atoms with Crippen molar-refractivity contribution in [2.45, 2.75) is 76.3 Å². The van der Waals surface area contributed by atoms with Crippen molar-refractivity contribution in [2.75, 3.05) is 19.6 Å². The lowest BCUT2D eigenvalue weighted by Gasteiger charge is -2.45. The quantitative estimate of drug-likeness (QED) is 0.719. The number of hydrogen-bond donors (Lipinski definition) is 1. The van der Waals surface area contributed by atoms with Crippen LogP contribution in [0.1, 0.15) is 64.7 Å². The molecule has 0 amide bonds. The fourth-order valence-electron chi connectivity index (χ4n) is 4.52. The zero-order chi connectivity index (χ0) is 12.4. The summed E-state index contributed by atoms with van der Waals surface area (Å²) in [6.07, 6.45) is 13.0. The summed E-state index contributed by atoms with van der Waals surface area (Å²) in [5, 5.41) is 3.85. The van der Waals surface area contributed by atoms with Crippen LogP contribution in [0, 0.1) is 5.92 Å². The maximum atomic E-state index is 3.85. The highest BCUT2D eigenvalue weighted by Gasteiger charge is 2.39. The normalized spacial score (nSPS) is 37.8. The molecule has 104 valence electrons. The molecule has 2 unspecified atom stereocenters. The van der Waals surface area contributed by atoms with E-state index in [-0.39, 0.29) is 0 Å². The van der Waals surface area contributed by atoms with Crippen molar-refractivity contribution in [3.8, 4) is 0 Å². The molecule has 1 saturated heterocycles. The Morgan fingerprint density at radius 1 is 1.00 bits per heavy atom. The van der Waals surface area contributed by atoms with Gasteiger partial charge in [-0.25, -0.2) is 0 Å². The molecule has 0 aromatic carbocycles. The van der Waals surface area contributed by atoms with Crippen LogP contribution in [0.5, 0.6) is 0 Å². The van der Waals surface area contributed by atoms with Gasteiger partial charge >= 0.3 is 0 Å². The summed E-state index contributed by atoms with van der Waals surface area (Å²) in [5.41, 5.74) is 0.510. The minimum Gasteiger partial charge on any atom is -0.309 e. The van der Waals surface area contributed by atoms with E-state index in [4.69, 9.17) is 0 Å². The minimum atomic E-state index is 0.510. The van der Waals surface area contributed by atoms with Crippen LogP contribution in [0.3, 0.4) is 0 Å². The van der Waals surface area contributed by atoms with Crippen molar-refractivity contribution in [3.63, 3.8) is 0 Å². The number of piperazine rings is 1. The van der Waals surface area contributed by atoms with Crippen LogP contribution in [0.4, 0.5) is 0 Å². The summed E-state index contributed by atoms with van der Waals surface area (Å²) in [7, 11) is 0. The van der Waals surface area contributed by atoms with Crippen LogP contribution < -0.4 is 5.32 Å². The van der Waals surface area contributed by atoms with E-state index in [0.717, 1.165) is 12.0 Å². The zero-order valence-corrected chi connectivity index (χ0v) is 12.1. The second-order valence-electron chi connectivity index (χ2n) is 7.15. The highest BCUT2D eigenvalue weighted by Crippen LogP contribution is 2.34. The van der Waals surface area contributed by atoms with E-state index in [1.807, 2.05) is 0 Å². The molecule has 3 rings (SSSR count). The van der Waals surface area contributed by atoms with Crippen molar-refractivity contribution in [1.82, 2.24) is 10.2 Å². The molecule has 1 aliphatic heterocycles. The van der Waals surface area contributed by atoms with Crippen LogP contribution >= 0.6 is 0 Å². The maximum Gasteiger partial charge on any atom is 0.0309 e. The van der Waals surface area contributed by atoms with Crippen molar-refractivity contribution in [2.24, 2.45) is 5.92 Å². The summed E-state index contributed by atoms with van der Waals surface area (Å²) in [5.74, 6) is 0.971. The predicted octanol–water partition coefficient (Wildman–Crippen LogP) is 3.17. The van der Waals surface area contributed by atoms with Gasteiger partial charge in [-0.15, -0.1) is 0 Å². The maximum absolute atomic E-state index is 3.85. The van der Waals surface area contributed by atoms with Gasteiger partial charge in [-0.2, -0.15) is 0 Å². The Balaban J connectivity index is 1.61. The van der Waals surface area contributed by atoms with Crippen molar-refractivity contribution >= 4 is 0 Å². The molecule has 2 saturated carbocycles. The topological polar surface area (TPSA) is 15.3 Å². The summed E-state index contributed by atoms with van der Waals surface area (Å²) >= 11 is 0. The molecule has 0 aromatic heterocycles. The first-order valence-corrected chi connectivity index (χ1v) is 8.27. The lowest BCUT2D eigenvalue weighted by atomic mass is 9.92. The van der Waals surface area contributed by atoms with E-state index in [0.29, 0.717) is 5.54 Å². The molecule has 1 N–H and O–H groups in total. The van der Waals surface area contributed by atoms with Gasteiger partial charge < -0.3 is 5.32 Å². The van der Waals surface area contributed by atoms with Crippen molar-refractivity contribution < 1.29 is 0 Å². The second kappa shape index (κ2) is 5.50. The fourth-order valence-corrected chi connectivity index (χ4v) is 4.52. The Labute approximate surface area is 113 Å². The van der Waals surface area contributed by atoms with E-state index in [2.05, 4.69) is 17.1 Å². The number of rotatable bonds is 1. The predicted molar refractivity (Wildman–Crippen MR) is 76.8 cm³/mol. The van der Waals surface area contributed by atoms with E-state index >= 15 is 0 Å². The second-order valence-corrected chi connectivity index (χ2v) is 7.15. The molecule has 2 aliphatic carbocycles. The Morgan fingerprint density at radius 2 is 1.83 bits per heavy atom. The van der Waals surface area contributed by atoms with Gasteiger partial charge in [0, 0.05) is 31.2 Å². The van der Waals surface area contributed by atoms with Crippen LogP contribution in [-0.2, 0) is 0 Å². The number of nitrogens with zero attached hydrogens (tertiary/aromatic N) is 1. The molecule has 2 atom stereocenters. The van der Waals surface area contributed by atoms with Gasteiger partial charge in [0.15, 0.2) is 0 Å². The van der Waals surface area contributed by atoms with Gasteiger partial charge in [-0.3, -0.25) is 4.90 Å². The molecular weight excluding hydrogens is 220 g/mol. The molecule has 0 aromatic rings. The first-order valence-electron chi connectivity index (χ1n) is 8.27. The standard InChI is InChI=1S/C16H30N2/c1-14-5-4-6-15(8-7-14)18-12-11-17-16(13-18)9-2-3-10-16/h14-15,17H,2-13H2,1H3. The summed E-state index contributed by atoms with van der Waals surface area (Å²) in [4.78, 5) is 2.85. The summed E-state index contributed by atoms with van der Waals surface area (Å²) in [6.45, 7) is 6.30. The lowest BCUT2D eigenvalue weighted by molar-refractivity contribution is 0.0858. The summed E-state index contributed by atoms with van der Waals surface area (Å²) < 4.78 is 0. The average molecular weight is 250 g/mol. The highest BCUT2D eigenvalue weighted by atomic mass is 15.2. The Hall–Kier alpha value is -0.0800. The Kier molecular flexibility index (Phi) is 3.95. The SMILES string of the molecule is CC1CCCC(N2CCNC3(CCCC3)C2)CC1. The fraction of sp³-hybridized carbons (Fsp3) is 1.00. The molecule has 3 aliphatic rings. The zero-order valence-electron chi connectivity index (χ0n) is 12.1. The third-order valence-electron chi connectivity index (χ3n) is 5.71. The van der Waals surface area contributed by atoms with E-state index in [1.54, 1.807) is 0 Å². The third-order valence-corrected chi connectivity index (χ3v) is 5.71. The lowest BCUT2D eigenvalue weighted by Crippen LogP contribution is -2.61. The van der Waals surface area contributed by atoms with Crippen LogP contribution in [0.25, 0.3) is 0 Å². The smallest absolute Gasteiger partial charge is 0.0309 e. The van der Waals surface area contributed by atoms with Crippen LogP contribution in [0.15, 0.2) is 0 Å². The molecule has 2 heteroatoms. The number of nitrogens with one attached hydrogen (secondary N) is 1. The van der Waals surface area contributed by atoms with Gasteiger partial charge in [0.2, 0.25) is 0 Å². The van der Waals surface area contributed by atoms with Crippen molar-refractivity contribution in [1.29, 1.82) is 0 Å². The average Bonchev–Trinajstić information content (AvgIpc) is 2.70. The monoisotopic (exact) mass is 250 g/mol. The van der Waals surface area contributed by atoms with E-state index < -0.39 is 0 Å². The molecular formula is C16H30N2. The molecule has 18 heavy (non-hydrogen) atoms. The molecule has 0 radical (unpaired) electrons. The van der Waals surface area contributed by atoms with E-state index in [1.165, 1.54) is 77.4 Å². The van der Waals surface area contributed by atoms with Gasteiger partial charge in [0.05, 0.1) is 0 Å². The van der Waals surface area contributed by atoms with Gasteiger partial charge in [0.25, 0.3) is 0 Å². The largest absolute Gasteiger partial charge is 0.309 e. The molecule has 1 heterocycles. The Morgan fingerprint density at radius 3 is 2.67 bits per heavy atom. The molecule has 3 fully saturated rings. The molecule has 1 spiro atoms. The molecule has 0 bridgehead atoms. The van der Waals surface area contributed by atoms with Crippen molar-refractivity contribution in [3.05, 3.63) is 0 Å². The summed E-state index contributed by atoms with van der Waals surface area (Å²) in [6, 6.07) is 0.898. The first-order chi connectivity index (χ1) is 8.77.